The van der Waals surface area contributed by atoms with Gasteiger partial charge in [-0.05, 0) is 164 Å². The third-order valence-electron chi connectivity index (χ3n) is 13.3. The first kappa shape index (κ1) is 34.2. The van der Waals surface area contributed by atoms with Gasteiger partial charge in [0.2, 0.25) is 0 Å². The number of aryl methyl sites for hydroxylation is 1. The fraction of sp³-hybridized carbons (Fsp3) is 0.412. The van der Waals surface area contributed by atoms with Crippen LogP contribution in [-0.2, 0) is 6.42 Å². The molecule has 7 aliphatic carbocycles. The number of hydrogen-bond donors (Lipinski definition) is 0. The molecule has 0 N–H and O–H groups in total. The molecule has 0 bridgehead atoms. The summed E-state index contributed by atoms with van der Waals surface area (Å²) in [5, 5.41) is 0. The Morgan fingerprint density at radius 1 is 0.725 bits per heavy atom. The molecule has 6 atom stereocenters. The van der Waals surface area contributed by atoms with E-state index >= 15 is 0 Å². The lowest BCUT2D eigenvalue weighted by atomic mass is 9.64. The number of benzene rings is 1. The summed E-state index contributed by atoms with van der Waals surface area (Å²) in [5.41, 5.74) is 14.1. The SMILES string of the molecule is CC(C1=CC=C(c2ccc(CCC(C3=CCCC4=C3CCC=C4)C3C=CC=CC3)cc2)CC1)C(CC1=CCCC=C1)C1C=CC=C2C=CCCC21. The third kappa shape index (κ3) is 7.82. The second-order valence-corrected chi connectivity index (χ2v) is 16.3. The maximum absolute atomic E-state index is 2.61. The maximum Gasteiger partial charge on any atom is -0.00931 e. The van der Waals surface area contributed by atoms with Crippen LogP contribution in [0.5, 0.6) is 0 Å². The number of hydrogen-bond acceptors (Lipinski definition) is 0. The normalized spacial score (nSPS) is 27.1. The molecule has 0 heteroatoms. The summed E-state index contributed by atoms with van der Waals surface area (Å²) < 4.78 is 0. The molecule has 51 heavy (non-hydrogen) atoms. The van der Waals surface area contributed by atoms with Crippen LogP contribution in [0.25, 0.3) is 5.57 Å². The van der Waals surface area contributed by atoms with Crippen LogP contribution in [-0.4, -0.2) is 0 Å². The largest absolute Gasteiger partial charge is 0.0842 e. The van der Waals surface area contributed by atoms with Gasteiger partial charge in [-0.15, -0.1) is 0 Å². The fourth-order valence-corrected chi connectivity index (χ4v) is 10.4. The summed E-state index contributed by atoms with van der Waals surface area (Å²) in [6, 6.07) is 9.68. The van der Waals surface area contributed by atoms with Gasteiger partial charge < -0.3 is 0 Å². The zero-order chi connectivity index (χ0) is 34.4. The van der Waals surface area contributed by atoms with E-state index in [-0.39, 0.29) is 0 Å². The van der Waals surface area contributed by atoms with E-state index in [2.05, 4.69) is 134 Å². The zero-order valence-electron chi connectivity index (χ0n) is 31.0. The first-order chi connectivity index (χ1) is 25.2. The van der Waals surface area contributed by atoms with Gasteiger partial charge in [0.05, 0.1) is 0 Å². The average Bonchev–Trinajstić information content (AvgIpc) is 3.21. The van der Waals surface area contributed by atoms with Crippen LogP contribution >= 0.6 is 0 Å². The minimum atomic E-state index is 0.569. The van der Waals surface area contributed by atoms with Crippen LogP contribution in [0.3, 0.4) is 0 Å². The molecule has 8 rings (SSSR count). The topological polar surface area (TPSA) is 0 Å². The summed E-state index contributed by atoms with van der Waals surface area (Å²) in [7, 11) is 0. The van der Waals surface area contributed by atoms with Gasteiger partial charge in [-0.25, -0.2) is 0 Å². The molecule has 0 amide bonds. The molecule has 0 saturated heterocycles. The van der Waals surface area contributed by atoms with Gasteiger partial charge in [0.25, 0.3) is 0 Å². The molecule has 262 valence electrons. The van der Waals surface area contributed by atoms with Crippen molar-refractivity contribution < 1.29 is 0 Å². The Kier molecular flexibility index (Phi) is 10.9. The van der Waals surface area contributed by atoms with E-state index in [4.69, 9.17) is 0 Å². The molecule has 6 unspecified atom stereocenters. The molecule has 1 aromatic rings. The minimum absolute atomic E-state index is 0.569. The van der Waals surface area contributed by atoms with Crippen molar-refractivity contribution >= 4 is 5.57 Å². The lowest BCUT2D eigenvalue weighted by Crippen LogP contribution is -2.31. The van der Waals surface area contributed by atoms with Crippen LogP contribution in [0.2, 0.25) is 0 Å². The lowest BCUT2D eigenvalue weighted by molar-refractivity contribution is 0.237. The predicted octanol–water partition coefficient (Wildman–Crippen LogP) is 13.8. The summed E-state index contributed by atoms with van der Waals surface area (Å²) in [5.74, 6) is 3.68. The Labute approximate surface area is 309 Å². The van der Waals surface area contributed by atoms with Crippen LogP contribution in [0, 0.1) is 35.5 Å². The number of fused-ring (bicyclic) bond motifs is 1. The smallest absolute Gasteiger partial charge is 0.00931 e. The Hall–Kier alpha value is -3.90. The van der Waals surface area contributed by atoms with E-state index in [1.54, 1.807) is 33.4 Å². The van der Waals surface area contributed by atoms with Crippen molar-refractivity contribution in [2.75, 3.05) is 0 Å². The Bertz CT molecular complexity index is 1810. The Morgan fingerprint density at radius 3 is 2.45 bits per heavy atom. The van der Waals surface area contributed by atoms with Gasteiger partial charge >= 0.3 is 0 Å². The molecular weight excluding hydrogens is 613 g/mol. The van der Waals surface area contributed by atoms with Gasteiger partial charge in [-0.1, -0.05) is 146 Å². The summed E-state index contributed by atoms with van der Waals surface area (Å²) >= 11 is 0. The summed E-state index contributed by atoms with van der Waals surface area (Å²) in [4.78, 5) is 0. The molecule has 0 heterocycles. The lowest BCUT2D eigenvalue weighted by Gasteiger charge is -2.40. The highest BCUT2D eigenvalue weighted by atomic mass is 14.4. The molecular formula is C51H58. The quantitative estimate of drug-likeness (QED) is 0.220. The highest BCUT2D eigenvalue weighted by Gasteiger charge is 2.36. The van der Waals surface area contributed by atoms with Crippen molar-refractivity contribution in [1.29, 1.82) is 0 Å². The van der Waals surface area contributed by atoms with Gasteiger partial charge in [0.15, 0.2) is 0 Å². The van der Waals surface area contributed by atoms with E-state index in [0.29, 0.717) is 35.5 Å². The molecule has 0 aromatic heterocycles. The average molecular weight is 671 g/mol. The van der Waals surface area contributed by atoms with Crippen molar-refractivity contribution in [3.63, 3.8) is 0 Å². The van der Waals surface area contributed by atoms with Crippen LogP contribution < -0.4 is 0 Å². The second-order valence-electron chi connectivity index (χ2n) is 16.3. The monoisotopic (exact) mass is 670 g/mol. The van der Waals surface area contributed by atoms with Crippen molar-refractivity contribution in [3.8, 4) is 0 Å². The standard InChI is InChI=1S/C51H58/c1-37(51(36-39-14-4-2-5-15-39)50-25-13-21-45-19-9-11-23-47(45)50)40-31-33-42(34-32-40)41-29-26-38(27-30-41)28-35-48(43-16-6-3-7-17-43)49-24-12-20-44-18-8-10-22-46(44)49/h3-4,6-9,13-16,18-19,21,24-27,29-31,33,37,43,47-48,50-51H,2,5,10-12,17,20,22-23,28,32,34-36H2,1H3. The molecule has 0 fully saturated rings. The molecule has 0 radical (unpaired) electrons. The number of rotatable bonds is 11. The van der Waals surface area contributed by atoms with E-state index in [0.717, 1.165) is 12.8 Å². The van der Waals surface area contributed by atoms with Crippen molar-refractivity contribution in [2.45, 2.75) is 96.8 Å². The van der Waals surface area contributed by atoms with E-state index in [9.17, 15) is 0 Å². The van der Waals surface area contributed by atoms with Gasteiger partial charge in [0, 0.05) is 0 Å². The van der Waals surface area contributed by atoms with E-state index < -0.39 is 0 Å². The maximum atomic E-state index is 2.61. The Morgan fingerprint density at radius 2 is 1.63 bits per heavy atom. The highest BCUT2D eigenvalue weighted by molar-refractivity contribution is 5.69. The second kappa shape index (κ2) is 16.2. The highest BCUT2D eigenvalue weighted by Crippen LogP contribution is 2.47. The Balaban J connectivity index is 0.958. The van der Waals surface area contributed by atoms with Gasteiger partial charge in [0.1, 0.15) is 0 Å². The molecule has 7 aliphatic rings. The minimum Gasteiger partial charge on any atom is -0.0842 e. The summed E-state index contributed by atoms with van der Waals surface area (Å²) in [6.07, 6.45) is 58.0. The van der Waals surface area contributed by atoms with Crippen molar-refractivity contribution in [3.05, 3.63) is 172 Å². The van der Waals surface area contributed by atoms with Crippen molar-refractivity contribution in [2.24, 2.45) is 35.5 Å². The molecule has 1 aromatic carbocycles. The van der Waals surface area contributed by atoms with E-state index in [1.807, 2.05) is 0 Å². The molecule has 0 nitrogen and oxygen atoms in total. The number of allylic oxidation sites excluding steroid dienone is 24. The first-order valence-electron chi connectivity index (χ1n) is 20.5. The van der Waals surface area contributed by atoms with Crippen LogP contribution in [0.15, 0.2) is 161 Å². The zero-order valence-corrected chi connectivity index (χ0v) is 31.0. The summed E-state index contributed by atoms with van der Waals surface area (Å²) in [6.45, 7) is 2.54. The molecule has 0 spiro atoms. The predicted molar refractivity (Wildman–Crippen MR) is 219 cm³/mol. The first-order valence-corrected chi connectivity index (χ1v) is 20.5. The van der Waals surface area contributed by atoms with Gasteiger partial charge in [-0.3, -0.25) is 0 Å². The van der Waals surface area contributed by atoms with Crippen LogP contribution in [0.4, 0.5) is 0 Å². The third-order valence-corrected chi connectivity index (χ3v) is 13.3. The van der Waals surface area contributed by atoms with Crippen LogP contribution in [0.1, 0.15) is 102 Å². The fourth-order valence-electron chi connectivity index (χ4n) is 10.4. The van der Waals surface area contributed by atoms with Crippen molar-refractivity contribution in [1.82, 2.24) is 0 Å². The molecule has 0 saturated carbocycles. The van der Waals surface area contributed by atoms with E-state index in [1.165, 1.54) is 93.7 Å². The molecule has 0 aliphatic heterocycles. The van der Waals surface area contributed by atoms with Gasteiger partial charge in [-0.2, -0.15) is 0 Å².